The number of aliphatic imine (C=N–C) groups is 1. The Balaban J connectivity index is 2.33. The minimum absolute atomic E-state index is 0.140. The second kappa shape index (κ2) is 11.4. The Kier molecular flexibility index (Phi) is 9.70. The van der Waals surface area contributed by atoms with Gasteiger partial charge in [0, 0.05) is 19.6 Å². The van der Waals surface area contributed by atoms with E-state index in [1.54, 1.807) is 6.07 Å². The Bertz CT molecular complexity index is 424. The number of benzene rings is 1. The lowest BCUT2D eigenvalue weighted by molar-refractivity contribution is 0.606. The maximum atomic E-state index is 13.5. The topological polar surface area (TPSA) is 36.4 Å². The molecule has 21 heavy (non-hydrogen) atoms. The SMILES string of the molecule is CCNC(=NCCCCSC)NCCc1ccccc1F. The van der Waals surface area contributed by atoms with E-state index < -0.39 is 0 Å². The van der Waals surface area contributed by atoms with Gasteiger partial charge >= 0.3 is 0 Å². The van der Waals surface area contributed by atoms with E-state index in [1.807, 2.05) is 30.8 Å². The zero-order valence-electron chi connectivity index (χ0n) is 13.0. The van der Waals surface area contributed by atoms with Crippen molar-refractivity contribution in [3.05, 3.63) is 35.6 Å². The first-order chi connectivity index (χ1) is 10.3. The highest BCUT2D eigenvalue weighted by atomic mass is 32.2. The molecule has 0 aromatic heterocycles. The quantitative estimate of drug-likeness (QED) is 0.418. The average molecular weight is 311 g/mol. The minimum atomic E-state index is -0.140. The summed E-state index contributed by atoms with van der Waals surface area (Å²) < 4.78 is 13.5. The molecule has 118 valence electrons. The first-order valence-electron chi connectivity index (χ1n) is 7.52. The number of unbranched alkanes of at least 4 members (excludes halogenated alkanes) is 1. The molecule has 0 heterocycles. The van der Waals surface area contributed by atoms with Gasteiger partial charge < -0.3 is 10.6 Å². The summed E-state index contributed by atoms with van der Waals surface area (Å²) in [5.41, 5.74) is 0.737. The van der Waals surface area contributed by atoms with Crippen molar-refractivity contribution in [3.63, 3.8) is 0 Å². The first-order valence-corrected chi connectivity index (χ1v) is 8.91. The zero-order valence-corrected chi connectivity index (χ0v) is 13.8. The predicted octanol–water partition coefficient (Wildman–Crippen LogP) is 3.07. The summed E-state index contributed by atoms with van der Waals surface area (Å²) in [6.07, 6.45) is 5.07. The first kappa shape index (κ1) is 17.8. The fraction of sp³-hybridized carbons (Fsp3) is 0.562. The van der Waals surface area contributed by atoms with Gasteiger partial charge in [0.25, 0.3) is 0 Å². The van der Waals surface area contributed by atoms with Gasteiger partial charge in [-0.3, -0.25) is 4.99 Å². The summed E-state index contributed by atoms with van der Waals surface area (Å²) in [5, 5.41) is 6.47. The average Bonchev–Trinajstić information content (AvgIpc) is 2.49. The molecule has 0 fully saturated rings. The fourth-order valence-corrected chi connectivity index (χ4v) is 2.40. The molecular formula is C16H26FN3S. The van der Waals surface area contributed by atoms with Crippen molar-refractivity contribution >= 4 is 17.7 Å². The summed E-state index contributed by atoms with van der Waals surface area (Å²) in [7, 11) is 0. The molecule has 0 bridgehead atoms. The van der Waals surface area contributed by atoms with Crippen molar-refractivity contribution < 1.29 is 4.39 Å². The number of hydrogen-bond acceptors (Lipinski definition) is 2. The number of hydrogen-bond donors (Lipinski definition) is 2. The lowest BCUT2D eigenvalue weighted by Crippen LogP contribution is -2.38. The molecule has 5 heteroatoms. The van der Waals surface area contributed by atoms with Gasteiger partial charge in [0.15, 0.2) is 5.96 Å². The van der Waals surface area contributed by atoms with Gasteiger partial charge in [-0.2, -0.15) is 11.8 Å². The maximum absolute atomic E-state index is 13.5. The molecule has 0 unspecified atom stereocenters. The van der Waals surface area contributed by atoms with Crippen LogP contribution in [0.3, 0.4) is 0 Å². The number of thioether (sulfide) groups is 1. The van der Waals surface area contributed by atoms with Crippen LogP contribution in [0, 0.1) is 5.82 Å². The molecular weight excluding hydrogens is 285 g/mol. The lowest BCUT2D eigenvalue weighted by Gasteiger charge is -2.11. The molecule has 0 amide bonds. The molecule has 1 rings (SSSR count). The molecule has 3 nitrogen and oxygen atoms in total. The number of nitrogens with zero attached hydrogens (tertiary/aromatic N) is 1. The number of rotatable bonds is 9. The van der Waals surface area contributed by atoms with E-state index in [4.69, 9.17) is 0 Å². The van der Waals surface area contributed by atoms with Gasteiger partial charge in [0.05, 0.1) is 0 Å². The Morgan fingerprint density at radius 2 is 2.05 bits per heavy atom. The van der Waals surface area contributed by atoms with Crippen LogP contribution >= 0.6 is 11.8 Å². The molecule has 0 aliphatic carbocycles. The van der Waals surface area contributed by atoms with Crippen LogP contribution in [0.25, 0.3) is 0 Å². The Morgan fingerprint density at radius 1 is 1.24 bits per heavy atom. The second-order valence-corrected chi connectivity index (χ2v) is 5.71. The van der Waals surface area contributed by atoms with Gasteiger partial charge in [-0.15, -0.1) is 0 Å². The van der Waals surface area contributed by atoms with E-state index in [-0.39, 0.29) is 5.82 Å². The molecule has 0 saturated carbocycles. The van der Waals surface area contributed by atoms with E-state index >= 15 is 0 Å². The third kappa shape index (κ3) is 7.95. The Labute approximate surface area is 131 Å². The highest BCUT2D eigenvalue weighted by Crippen LogP contribution is 2.06. The van der Waals surface area contributed by atoms with Crippen molar-refractivity contribution in [3.8, 4) is 0 Å². The molecule has 0 atom stereocenters. The Hall–Kier alpha value is -1.23. The van der Waals surface area contributed by atoms with Crippen LogP contribution in [-0.4, -0.2) is 37.6 Å². The van der Waals surface area contributed by atoms with Crippen LogP contribution in [0.15, 0.2) is 29.3 Å². The Morgan fingerprint density at radius 3 is 2.76 bits per heavy atom. The number of guanidine groups is 1. The molecule has 0 aliphatic rings. The fourth-order valence-electron chi connectivity index (χ4n) is 1.91. The van der Waals surface area contributed by atoms with Crippen LogP contribution < -0.4 is 10.6 Å². The highest BCUT2D eigenvalue weighted by molar-refractivity contribution is 7.98. The van der Waals surface area contributed by atoms with E-state index in [1.165, 1.54) is 18.2 Å². The number of halogens is 1. The largest absolute Gasteiger partial charge is 0.357 e. The van der Waals surface area contributed by atoms with E-state index in [9.17, 15) is 4.39 Å². The smallest absolute Gasteiger partial charge is 0.191 e. The van der Waals surface area contributed by atoms with Crippen molar-refractivity contribution in [2.75, 3.05) is 31.6 Å². The van der Waals surface area contributed by atoms with E-state index in [2.05, 4.69) is 21.9 Å². The normalized spacial score (nSPS) is 11.5. The molecule has 0 saturated heterocycles. The molecule has 1 aromatic carbocycles. The van der Waals surface area contributed by atoms with E-state index in [0.29, 0.717) is 13.0 Å². The third-order valence-corrected chi connectivity index (χ3v) is 3.71. The monoisotopic (exact) mass is 311 g/mol. The maximum Gasteiger partial charge on any atom is 0.191 e. The van der Waals surface area contributed by atoms with Crippen molar-refractivity contribution in [1.29, 1.82) is 0 Å². The molecule has 0 radical (unpaired) electrons. The van der Waals surface area contributed by atoms with Crippen molar-refractivity contribution in [2.24, 2.45) is 4.99 Å². The molecule has 0 spiro atoms. The van der Waals surface area contributed by atoms with Gasteiger partial charge in [-0.25, -0.2) is 4.39 Å². The predicted molar refractivity (Wildman–Crippen MR) is 91.7 cm³/mol. The summed E-state index contributed by atoms with van der Waals surface area (Å²) in [4.78, 5) is 4.53. The summed E-state index contributed by atoms with van der Waals surface area (Å²) in [5.74, 6) is 1.86. The van der Waals surface area contributed by atoms with Gasteiger partial charge in [-0.1, -0.05) is 18.2 Å². The zero-order chi connectivity index (χ0) is 15.3. The van der Waals surface area contributed by atoms with Crippen LogP contribution in [0.1, 0.15) is 25.3 Å². The second-order valence-electron chi connectivity index (χ2n) is 4.73. The highest BCUT2D eigenvalue weighted by Gasteiger charge is 2.01. The van der Waals surface area contributed by atoms with Crippen LogP contribution in [0.2, 0.25) is 0 Å². The van der Waals surface area contributed by atoms with Crippen LogP contribution in [0.5, 0.6) is 0 Å². The van der Waals surface area contributed by atoms with Gasteiger partial charge in [0.2, 0.25) is 0 Å². The molecule has 1 aromatic rings. The van der Waals surface area contributed by atoms with Gasteiger partial charge in [-0.05, 0) is 49.8 Å². The molecule has 0 aliphatic heterocycles. The van der Waals surface area contributed by atoms with Crippen LogP contribution in [0.4, 0.5) is 4.39 Å². The summed E-state index contributed by atoms with van der Waals surface area (Å²) >= 11 is 1.87. The molecule has 2 N–H and O–H groups in total. The minimum Gasteiger partial charge on any atom is -0.357 e. The van der Waals surface area contributed by atoms with E-state index in [0.717, 1.165) is 31.0 Å². The van der Waals surface area contributed by atoms with Gasteiger partial charge in [0.1, 0.15) is 5.82 Å². The van der Waals surface area contributed by atoms with Crippen molar-refractivity contribution in [2.45, 2.75) is 26.2 Å². The lowest BCUT2D eigenvalue weighted by atomic mass is 10.1. The summed E-state index contributed by atoms with van der Waals surface area (Å²) in [6.45, 7) is 4.38. The number of nitrogens with one attached hydrogen (secondary N) is 2. The van der Waals surface area contributed by atoms with Crippen molar-refractivity contribution in [1.82, 2.24) is 10.6 Å². The third-order valence-electron chi connectivity index (χ3n) is 3.02. The van der Waals surface area contributed by atoms with Crippen LogP contribution in [-0.2, 0) is 6.42 Å². The summed E-state index contributed by atoms with van der Waals surface area (Å²) in [6, 6.07) is 6.90. The standard InChI is InChI=1S/C16H26FN3S/c1-3-18-16(19-11-6-7-13-21-2)20-12-10-14-8-4-5-9-15(14)17/h4-5,8-9H,3,6-7,10-13H2,1-2H3,(H2,18,19,20).